The van der Waals surface area contributed by atoms with Crippen molar-refractivity contribution in [3.05, 3.63) is 39.9 Å². The highest BCUT2D eigenvalue weighted by molar-refractivity contribution is 7.17. The second-order valence-corrected chi connectivity index (χ2v) is 6.48. The number of carbonyl (C=O) groups is 1. The van der Waals surface area contributed by atoms with Crippen LogP contribution in [0.3, 0.4) is 0 Å². The summed E-state index contributed by atoms with van der Waals surface area (Å²) < 4.78 is 0. The van der Waals surface area contributed by atoms with Crippen LogP contribution in [0.1, 0.15) is 29.2 Å². The summed E-state index contributed by atoms with van der Waals surface area (Å²) in [7, 11) is 0. The molecule has 1 aromatic heterocycles. The first-order chi connectivity index (χ1) is 9.47. The third-order valence-electron chi connectivity index (χ3n) is 2.75. The van der Waals surface area contributed by atoms with Crippen LogP contribution in [0, 0.1) is 12.8 Å². The van der Waals surface area contributed by atoms with Gasteiger partial charge in [0, 0.05) is 17.1 Å². The van der Waals surface area contributed by atoms with Crippen molar-refractivity contribution in [2.24, 2.45) is 5.92 Å². The first kappa shape index (κ1) is 15.0. The van der Waals surface area contributed by atoms with Crippen molar-refractivity contribution in [2.45, 2.75) is 20.8 Å². The number of carbonyl (C=O) groups excluding carboxylic acids is 1. The minimum Gasteiger partial charge on any atom is -0.351 e. The molecular weight excluding hydrogens is 292 g/mol. The van der Waals surface area contributed by atoms with Crippen LogP contribution in [0.5, 0.6) is 0 Å². The molecule has 20 heavy (non-hydrogen) atoms. The van der Waals surface area contributed by atoms with Crippen LogP contribution in [0.15, 0.2) is 24.3 Å². The summed E-state index contributed by atoms with van der Waals surface area (Å²) in [5.41, 5.74) is 1.69. The van der Waals surface area contributed by atoms with Crippen LogP contribution in [0.4, 0.5) is 0 Å². The predicted octanol–water partition coefficient (Wildman–Crippen LogP) is 4.16. The van der Waals surface area contributed by atoms with E-state index >= 15 is 0 Å². The molecule has 3 nitrogen and oxygen atoms in total. The van der Waals surface area contributed by atoms with Crippen molar-refractivity contribution in [1.29, 1.82) is 0 Å². The van der Waals surface area contributed by atoms with Gasteiger partial charge in [0.2, 0.25) is 0 Å². The van der Waals surface area contributed by atoms with Crippen LogP contribution >= 0.6 is 22.9 Å². The molecule has 0 radical (unpaired) electrons. The van der Waals surface area contributed by atoms with Crippen LogP contribution in [0.2, 0.25) is 5.02 Å². The molecule has 1 N–H and O–H groups in total. The molecule has 0 aliphatic rings. The van der Waals surface area contributed by atoms with Gasteiger partial charge in [-0.1, -0.05) is 37.6 Å². The molecule has 0 atom stereocenters. The Morgan fingerprint density at radius 2 is 2.20 bits per heavy atom. The fourth-order valence-corrected chi connectivity index (χ4v) is 2.90. The second kappa shape index (κ2) is 6.37. The Morgan fingerprint density at radius 1 is 1.45 bits per heavy atom. The van der Waals surface area contributed by atoms with Crippen molar-refractivity contribution in [1.82, 2.24) is 10.3 Å². The summed E-state index contributed by atoms with van der Waals surface area (Å²) in [6, 6.07) is 7.50. The minimum absolute atomic E-state index is 0.0537. The molecule has 0 saturated heterocycles. The van der Waals surface area contributed by atoms with E-state index in [9.17, 15) is 4.79 Å². The van der Waals surface area contributed by atoms with E-state index in [2.05, 4.69) is 24.1 Å². The minimum atomic E-state index is -0.0537. The first-order valence-corrected chi connectivity index (χ1v) is 7.68. The lowest BCUT2D eigenvalue weighted by Gasteiger charge is -2.06. The number of hydrogen-bond acceptors (Lipinski definition) is 3. The van der Waals surface area contributed by atoms with Gasteiger partial charge in [-0.2, -0.15) is 0 Å². The Labute approximate surface area is 128 Å². The Kier molecular flexibility index (Phi) is 4.78. The zero-order valence-electron chi connectivity index (χ0n) is 11.7. The summed E-state index contributed by atoms with van der Waals surface area (Å²) in [5.74, 6) is 0.376. The van der Waals surface area contributed by atoms with Crippen LogP contribution < -0.4 is 5.32 Å². The zero-order valence-corrected chi connectivity index (χ0v) is 13.3. The van der Waals surface area contributed by atoms with Crippen molar-refractivity contribution in [3.63, 3.8) is 0 Å². The van der Waals surface area contributed by atoms with Gasteiger partial charge >= 0.3 is 0 Å². The van der Waals surface area contributed by atoms with Crippen LogP contribution in [-0.4, -0.2) is 17.4 Å². The summed E-state index contributed by atoms with van der Waals surface area (Å²) in [5, 5.41) is 4.41. The van der Waals surface area contributed by atoms with Gasteiger partial charge in [0.15, 0.2) is 0 Å². The largest absolute Gasteiger partial charge is 0.351 e. The smallest absolute Gasteiger partial charge is 0.263 e. The first-order valence-electron chi connectivity index (χ1n) is 6.49. The summed E-state index contributed by atoms with van der Waals surface area (Å²) in [6.07, 6.45) is 0. The Bertz CT molecular complexity index is 622. The van der Waals surface area contributed by atoms with Crippen LogP contribution in [0.25, 0.3) is 10.6 Å². The van der Waals surface area contributed by atoms with E-state index in [1.54, 1.807) is 0 Å². The Balaban J connectivity index is 2.23. The van der Waals surface area contributed by atoms with Crippen molar-refractivity contribution in [3.8, 4) is 10.6 Å². The van der Waals surface area contributed by atoms with E-state index in [0.29, 0.717) is 22.4 Å². The molecule has 1 heterocycles. The fraction of sp³-hybridized carbons (Fsp3) is 0.333. The van der Waals surface area contributed by atoms with E-state index < -0.39 is 0 Å². The average Bonchev–Trinajstić information content (AvgIpc) is 2.78. The molecule has 0 aliphatic heterocycles. The zero-order chi connectivity index (χ0) is 14.7. The van der Waals surface area contributed by atoms with E-state index in [1.165, 1.54) is 11.3 Å². The maximum atomic E-state index is 12.1. The molecule has 0 bridgehead atoms. The molecule has 1 amide bonds. The molecule has 0 fully saturated rings. The maximum absolute atomic E-state index is 12.1. The highest BCUT2D eigenvalue weighted by atomic mass is 35.5. The second-order valence-electron chi connectivity index (χ2n) is 5.05. The topological polar surface area (TPSA) is 42.0 Å². The number of amides is 1. The Morgan fingerprint density at radius 3 is 2.85 bits per heavy atom. The number of nitrogens with zero attached hydrogens (tertiary/aromatic N) is 1. The number of aryl methyl sites for hydroxylation is 1. The molecule has 2 rings (SSSR count). The molecule has 5 heteroatoms. The normalized spacial score (nSPS) is 10.8. The molecular formula is C15H17ClN2OS. The summed E-state index contributed by atoms with van der Waals surface area (Å²) >= 11 is 7.39. The summed E-state index contributed by atoms with van der Waals surface area (Å²) in [6.45, 7) is 6.66. The number of aromatic nitrogens is 1. The van der Waals surface area contributed by atoms with Crippen molar-refractivity contribution in [2.75, 3.05) is 6.54 Å². The highest BCUT2D eigenvalue weighted by Crippen LogP contribution is 2.29. The van der Waals surface area contributed by atoms with Gasteiger partial charge < -0.3 is 5.32 Å². The number of nitrogens with one attached hydrogen (secondary N) is 1. The molecule has 0 aliphatic carbocycles. The molecule has 0 unspecified atom stereocenters. The lowest BCUT2D eigenvalue weighted by atomic mass is 10.2. The lowest BCUT2D eigenvalue weighted by Crippen LogP contribution is -2.27. The van der Waals surface area contributed by atoms with Gasteiger partial charge in [-0.15, -0.1) is 11.3 Å². The van der Waals surface area contributed by atoms with E-state index in [4.69, 9.17) is 11.6 Å². The number of halogens is 1. The number of thiazole rings is 1. The maximum Gasteiger partial charge on any atom is 0.263 e. The summed E-state index contributed by atoms with van der Waals surface area (Å²) in [4.78, 5) is 17.3. The van der Waals surface area contributed by atoms with Gasteiger partial charge in [0.1, 0.15) is 9.88 Å². The highest BCUT2D eigenvalue weighted by Gasteiger charge is 2.16. The lowest BCUT2D eigenvalue weighted by molar-refractivity contribution is 0.0952. The standard InChI is InChI=1S/C15H17ClN2OS/c1-9(2)8-17-14(19)13-10(3)18-15(20-13)11-5-4-6-12(16)7-11/h4-7,9H,8H2,1-3H3,(H,17,19). The van der Waals surface area contributed by atoms with Crippen molar-refractivity contribution >= 4 is 28.8 Å². The molecule has 0 spiro atoms. The van der Waals surface area contributed by atoms with E-state index in [0.717, 1.165) is 16.3 Å². The molecule has 106 valence electrons. The monoisotopic (exact) mass is 308 g/mol. The SMILES string of the molecule is Cc1nc(-c2cccc(Cl)c2)sc1C(=O)NCC(C)C. The predicted molar refractivity (Wildman–Crippen MR) is 84.5 cm³/mol. The number of hydrogen-bond donors (Lipinski definition) is 1. The third kappa shape index (κ3) is 3.58. The fourth-order valence-electron chi connectivity index (χ4n) is 1.73. The Hall–Kier alpha value is -1.39. The van der Waals surface area contributed by atoms with E-state index in [1.807, 2.05) is 31.2 Å². The average molecular weight is 309 g/mol. The van der Waals surface area contributed by atoms with Gasteiger partial charge in [-0.3, -0.25) is 4.79 Å². The van der Waals surface area contributed by atoms with Crippen molar-refractivity contribution < 1.29 is 4.79 Å². The van der Waals surface area contributed by atoms with Gasteiger partial charge in [0.25, 0.3) is 5.91 Å². The number of benzene rings is 1. The molecule has 1 aromatic carbocycles. The third-order valence-corrected chi connectivity index (χ3v) is 4.19. The van der Waals surface area contributed by atoms with E-state index in [-0.39, 0.29) is 5.91 Å². The van der Waals surface area contributed by atoms with Crippen LogP contribution in [-0.2, 0) is 0 Å². The quantitative estimate of drug-likeness (QED) is 0.921. The van der Waals surface area contributed by atoms with Gasteiger partial charge in [-0.05, 0) is 25.0 Å². The molecule has 0 saturated carbocycles. The van der Waals surface area contributed by atoms with Gasteiger partial charge in [0.05, 0.1) is 5.69 Å². The number of rotatable bonds is 4. The molecule has 2 aromatic rings. The van der Waals surface area contributed by atoms with Gasteiger partial charge in [-0.25, -0.2) is 4.98 Å².